The maximum absolute atomic E-state index is 13.3. The predicted molar refractivity (Wildman–Crippen MR) is 69.2 cm³/mol. The first-order valence-corrected chi connectivity index (χ1v) is 6.73. The molecule has 1 aliphatic carbocycles. The predicted octanol–water partition coefficient (Wildman–Crippen LogP) is 3.08. The Labute approximate surface area is 111 Å². The maximum atomic E-state index is 13.3. The van der Waals surface area contributed by atoms with Crippen LogP contribution in [-0.4, -0.2) is 21.9 Å². The van der Waals surface area contributed by atoms with Crippen molar-refractivity contribution in [2.24, 2.45) is 0 Å². The maximum Gasteiger partial charge on any atom is 0.142 e. The largest absolute Gasteiger partial charge is 0.390 e. The van der Waals surface area contributed by atoms with Crippen LogP contribution >= 0.6 is 11.6 Å². The van der Waals surface area contributed by atoms with Crippen LogP contribution in [0.25, 0.3) is 0 Å². The van der Waals surface area contributed by atoms with Gasteiger partial charge in [-0.05, 0) is 30.5 Å². The van der Waals surface area contributed by atoms with Crippen molar-refractivity contribution < 1.29 is 14.6 Å². The number of hydrogen-bond acceptors (Lipinski definition) is 2. The number of benzene rings is 1. The Morgan fingerprint density at radius 1 is 1.28 bits per heavy atom. The third-order valence-electron chi connectivity index (χ3n) is 3.75. The first-order valence-electron chi connectivity index (χ1n) is 6.36. The molecule has 100 valence electrons. The summed E-state index contributed by atoms with van der Waals surface area (Å²) in [5, 5.41) is 20.6. The van der Waals surface area contributed by atoms with E-state index >= 15 is 0 Å². The third-order valence-corrected chi connectivity index (χ3v) is 4.06. The summed E-state index contributed by atoms with van der Waals surface area (Å²) >= 11 is 5.61. The number of hydrogen-bond donors (Lipinski definition) is 2. The van der Waals surface area contributed by atoms with Crippen molar-refractivity contribution in [3.05, 3.63) is 34.6 Å². The second-order valence-corrected chi connectivity index (χ2v) is 5.54. The molecule has 0 radical (unpaired) electrons. The topological polar surface area (TPSA) is 40.5 Å². The van der Waals surface area contributed by atoms with E-state index in [-0.39, 0.29) is 11.4 Å². The van der Waals surface area contributed by atoms with Crippen LogP contribution in [0.5, 0.6) is 0 Å². The Morgan fingerprint density at radius 3 is 2.56 bits per heavy atom. The fourth-order valence-corrected chi connectivity index (χ4v) is 2.69. The summed E-state index contributed by atoms with van der Waals surface area (Å²) < 4.78 is 13.3. The van der Waals surface area contributed by atoms with Gasteiger partial charge in [-0.25, -0.2) is 4.39 Å². The van der Waals surface area contributed by atoms with E-state index in [0.717, 1.165) is 19.3 Å². The average Bonchev–Trinajstić information content (AvgIpc) is 2.35. The molecule has 18 heavy (non-hydrogen) atoms. The monoisotopic (exact) mass is 272 g/mol. The van der Waals surface area contributed by atoms with E-state index in [1.165, 1.54) is 12.1 Å². The summed E-state index contributed by atoms with van der Waals surface area (Å²) in [4.78, 5) is 0. The van der Waals surface area contributed by atoms with Gasteiger partial charge in [0.05, 0.1) is 16.7 Å². The van der Waals surface area contributed by atoms with Crippen LogP contribution in [0.1, 0.15) is 37.7 Å². The van der Waals surface area contributed by atoms with Crippen LogP contribution < -0.4 is 0 Å². The van der Waals surface area contributed by atoms with Gasteiger partial charge in [0.2, 0.25) is 0 Å². The first kappa shape index (κ1) is 13.8. The van der Waals surface area contributed by atoms with Crippen LogP contribution in [-0.2, 0) is 6.42 Å². The van der Waals surface area contributed by atoms with Gasteiger partial charge in [0.25, 0.3) is 0 Å². The van der Waals surface area contributed by atoms with Gasteiger partial charge in [-0.2, -0.15) is 0 Å². The lowest BCUT2D eigenvalue weighted by Crippen LogP contribution is -2.45. The Hall–Kier alpha value is -0.640. The van der Waals surface area contributed by atoms with Gasteiger partial charge in [-0.3, -0.25) is 0 Å². The molecule has 1 unspecified atom stereocenters. The molecule has 1 atom stereocenters. The Kier molecular flexibility index (Phi) is 4.25. The molecule has 1 fully saturated rings. The van der Waals surface area contributed by atoms with E-state index in [1.807, 2.05) is 0 Å². The second kappa shape index (κ2) is 5.55. The summed E-state index contributed by atoms with van der Waals surface area (Å²) in [6, 6.07) is 4.47. The van der Waals surface area contributed by atoms with Gasteiger partial charge in [0.15, 0.2) is 0 Å². The summed E-state index contributed by atoms with van der Waals surface area (Å²) in [5.41, 5.74) is -0.364. The highest BCUT2D eigenvalue weighted by atomic mass is 35.5. The SMILES string of the molecule is OC(Cc1ccc(Cl)c(F)c1)C1(O)CCCCC1. The van der Waals surface area contributed by atoms with Gasteiger partial charge in [-0.1, -0.05) is 36.9 Å². The average molecular weight is 273 g/mol. The highest BCUT2D eigenvalue weighted by molar-refractivity contribution is 6.30. The molecule has 0 bridgehead atoms. The Balaban J connectivity index is 2.05. The molecular formula is C14H18ClFO2. The van der Waals surface area contributed by atoms with E-state index in [1.54, 1.807) is 6.07 Å². The van der Waals surface area contributed by atoms with Crippen molar-refractivity contribution in [1.29, 1.82) is 0 Å². The summed E-state index contributed by atoms with van der Waals surface area (Å²) in [7, 11) is 0. The fourth-order valence-electron chi connectivity index (χ4n) is 2.58. The minimum Gasteiger partial charge on any atom is -0.390 e. The van der Waals surface area contributed by atoms with E-state index in [2.05, 4.69) is 0 Å². The van der Waals surface area contributed by atoms with Gasteiger partial charge in [0, 0.05) is 6.42 Å². The third kappa shape index (κ3) is 3.02. The van der Waals surface area contributed by atoms with Crippen molar-refractivity contribution in [1.82, 2.24) is 0 Å². The Morgan fingerprint density at radius 2 is 1.94 bits per heavy atom. The number of aliphatic hydroxyl groups is 2. The lowest BCUT2D eigenvalue weighted by atomic mass is 9.79. The molecule has 0 saturated heterocycles. The molecule has 2 N–H and O–H groups in total. The van der Waals surface area contributed by atoms with E-state index in [0.29, 0.717) is 18.4 Å². The number of aliphatic hydroxyl groups excluding tert-OH is 1. The molecule has 1 aromatic rings. The van der Waals surface area contributed by atoms with Crippen LogP contribution in [0.2, 0.25) is 5.02 Å². The molecule has 0 aliphatic heterocycles. The first-order chi connectivity index (χ1) is 8.51. The molecule has 1 aliphatic rings. The van der Waals surface area contributed by atoms with Gasteiger partial charge >= 0.3 is 0 Å². The standard InChI is InChI=1S/C14H18ClFO2/c15-11-5-4-10(8-12(11)16)9-13(17)14(18)6-2-1-3-7-14/h4-5,8,13,17-18H,1-3,6-7,9H2. The molecule has 0 amide bonds. The van der Waals surface area contributed by atoms with Crippen molar-refractivity contribution in [2.75, 3.05) is 0 Å². The molecular weight excluding hydrogens is 255 g/mol. The molecule has 1 saturated carbocycles. The van der Waals surface area contributed by atoms with E-state index in [4.69, 9.17) is 11.6 Å². The zero-order valence-electron chi connectivity index (χ0n) is 10.2. The summed E-state index contributed by atoms with van der Waals surface area (Å²) in [5.74, 6) is -0.489. The van der Waals surface area contributed by atoms with Gasteiger partial charge in [0.1, 0.15) is 5.82 Å². The molecule has 4 heteroatoms. The zero-order chi connectivity index (χ0) is 13.2. The highest BCUT2D eigenvalue weighted by Crippen LogP contribution is 2.32. The lowest BCUT2D eigenvalue weighted by Gasteiger charge is -2.36. The fraction of sp³-hybridized carbons (Fsp3) is 0.571. The molecule has 0 aromatic heterocycles. The highest BCUT2D eigenvalue weighted by Gasteiger charge is 2.36. The quantitative estimate of drug-likeness (QED) is 0.888. The summed E-state index contributed by atoms with van der Waals surface area (Å²) in [6.45, 7) is 0. The van der Waals surface area contributed by atoms with Crippen molar-refractivity contribution >= 4 is 11.6 Å². The van der Waals surface area contributed by atoms with Gasteiger partial charge in [-0.15, -0.1) is 0 Å². The zero-order valence-corrected chi connectivity index (χ0v) is 11.0. The van der Waals surface area contributed by atoms with Gasteiger partial charge < -0.3 is 10.2 Å². The van der Waals surface area contributed by atoms with Crippen molar-refractivity contribution in [3.8, 4) is 0 Å². The van der Waals surface area contributed by atoms with Crippen LogP contribution in [0.4, 0.5) is 4.39 Å². The molecule has 2 nitrogen and oxygen atoms in total. The van der Waals surface area contributed by atoms with Crippen molar-refractivity contribution in [2.45, 2.75) is 50.2 Å². The van der Waals surface area contributed by atoms with E-state index in [9.17, 15) is 14.6 Å². The number of rotatable bonds is 3. The van der Waals surface area contributed by atoms with Crippen LogP contribution in [0, 0.1) is 5.82 Å². The smallest absolute Gasteiger partial charge is 0.142 e. The molecule has 0 spiro atoms. The van der Waals surface area contributed by atoms with Crippen LogP contribution in [0.3, 0.4) is 0 Å². The molecule has 1 aromatic carbocycles. The summed E-state index contributed by atoms with van der Waals surface area (Å²) in [6.07, 6.45) is 3.60. The van der Waals surface area contributed by atoms with Crippen molar-refractivity contribution in [3.63, 3.8) is 0 Å². The molecule has 2 rings (SSSR count). The minimum absolute atomic E-state index is 0.0737. The van der Waals surface area contributed by atoms with Crippen LogP contribution in [0.15, 0.2) is 18.2 Å². The normalized spacial score (nSPS) is 20.7. The minimum atomic E-state index is -1.02. The molecule has 0 heterocycles. The lowest BCUT2D eigenvalue weighted by molar-refractivity contribution is -0.0960. The number of halogens is 2. The Bertz CT molecular complexity index is 416. The van der Waals surface area contributed by atoms with E-state index < -0.39 is 17.5 Å². The second-order valence-electron chi connectivity index (χ2n) is 5.13.